The molecule has 1 fully saturated rings. The number of hydrogen-bond acceptors (Lipinski definition) is 3. The summed E-state index contributed by atoms with van der Waals surface area (Å²) in [6.07, 6.45) is 6.77. The minimum absolute atomic E-state index is 0.343. The average molecular weight is 223 g/mol. The molecule has 1 aliphatic carbocycles. The van der Waals surface area contributed by atoms with Crippen molar-refractivity contribution >= 4 is 0 Å². The summed E-state index contributed by atoms with van der Waals surface area (Å²) in [5, 5.41) is 13.6. The van der Waals surface area contributed by atoms with E-state index in [0.717, 1.165) is 37.9 Å². The SMILES string of the molecule is CC(Cc1ccco1)NCC1(O)CCCC1. The minimum atomic E-state index is -0.461. The highest BCUT2D eigenvalue weighted by Gasteiger charge is 2.30. The Bertz CT molecular complexity index is 302. The molecule has 2 N–H and O–H groups in total. The third-order valence-electron chi connectivity index (χ3n) is 3.40. The first-order chi connectivity index (χ1) is 7.68. The van der Waals surface area contributed by atoms with Gasteiger partial charge in [-0.1, -0.05) is 12.8 Å². The summed E-state index contributed by atoms with van der Waals surface area (Å²) in [7, 11) is 0. The van der Waals surface area contributed by atoms with E-state index in [-0.39, 0.29) is 0 Å². The molecule has 1 saturated carbocycles. The topological polar surface area (TPSA) is 45.4 Å². The maximum absolute atomic E-state index is 10.2. The molecule has 3 heteroatoms. The summed E-state index contributed by atoms with van der Waals surface area (Å²) in [6, 6.07) is 4.24. The van der Waals surface area contributed by atoms with Crippen LogP contribution in [0, 0.1) is 0 Å². The first-order valence-electron chi connectivity index (χ1n) is 6.16. The zero-order valence-electron chi connectivity index (χ0n) is 9.91. The van der Waals surface area contributed by atoms with Crippen LogP contribution in [0.1, 0.15) is 38.4 Å². The van der Waals surface area contributed by atoms with Crippen molar-refractivity contribution in [3.8, 4) is 0 Å². The molecule has 1 aromatic rings. The second-order valence-electron chi connectivity index (χ2n) is 5.00. The Labute approximate surface area is 96.8 Å². The monoisotopic (exact) mass is 223 g/mol. The predicted octanol–water partition coefficient (Wildman–Crippen LogP) is 2.11. The standard InChI is InChI=1S/C13H21NO2/c1-11(9-12-5-4-8-16-12)14-10-13(15)6-2-3-7-13/h4-5,8,11,14-15H,2-3,6-7,9-10H2,1H3. The van der Waals surface area contributed by atoms with Gasteiger partial charge in [0.25, 0.3) is 0 Å². The smallest absolute Gasteiger partial charge is 0.105 e. The van der Waals surface area contributed by atoms with E-state index in [4.69, 9.17) is 4.42 Å². The van der Waals surface area contributed by atoms with Gasteiger partial charge in [0.2, 0.25) is 0 Å². The van der Waals surface area contributed by atoms with Gasteiger partial charge in [-0.3, -0.25) is 0 Å². The number of nitrogens with one attached hydrogen (secondary N) is 1. The van der Waals surface area contributed by atoms with Gasteiger partial charge in [0.15, 0.2) is 0 Å². The normalized spacial score (nSPS) is 21.1. The van der Waals surface area contributed by atoms with Gasteiger partial charge in [0.05, 0.1) is 11.9 Å². The van der Waals surface area contributed by atoms with Gasteiger partial charge >= 0.3 is 0 Å². The van der Waals surface area contributed by atoms with Crippen molar-refractivity contribution in [3.63, 3.8) is 0 Å². The molecule has 1 aromatic heterocycles. The van der Waals surface area contributed by atoms with Crippen molar-refractivity contribution in [2.24, 2.45) is 0 Å². The molecule has 1 aliphatic rings. The van der Waals surface area contributed by atoms with Gasteiger partial charge in [-0.05, 0) is 31.9 Å². The highest BCUT2D eigenvalue weighted by molar-refractivity contribution is 5.00. The second kappa shape index (κ2) is 5.02. The molecular formula is C13H21NO2. The molecule has 0 radical (unpaired) electrons. The van der Waals surface area contributed by atoms with Gasteiger partial charge < -0.3 is 14.8 Å². The maximum atomic E-state index is 10.2. The van der Waals surface area contributed by atoms with Crippen molar-refractivity contribution in [1.82, 2.24) is 5.32 Å². The fourth-order valence-corrected chi connectivity index (χ4v) is 2.38. The van der Waals surface area contributed by atoms with E-state index in [2.05, 4.69) is 12.2 Å². The van der Waals surface area contributed by atoms with Gasteiger partial charge in [0.1, 0.15) is 5.76 Å². The lowest BCUT2D eigenvalue weighted by molar-refractivity contribution is 0.0452. The number of furan rings is 1. The average Bonchev–Trinajstić information content (AvgIpc) is 2.88. The van der Waals surface area contributed by atoms with Crippen LogP contribution in [0.25, 0.3) is 0 Å². The first-order valence-corrected chi connectivity index (χ1v) is 6.16. The summed E-state index contributed by atoms with van der Waals surface area (Å²) in [6.45, 7) is 2.83. The largest absolute Gasteiger partial charge is 0.469 e. The van der Waals surface area contributed by atoms with Crippen molar-refractivity contribution in [1.29, 1.82) is 0 Å². The highest BCUT2D eigenvalue weighted by Crippen LogP contribution is 2.28. The second-order valence-corrected chi connectivity index (χ2v) is 5.00. The van der Waals surface area contributed by atoms with Crippen molar-refractivity contribution < 1.29 is 9.52 Å². The molecule has 90 valence electrons. The van der Waals surface area contributed by atoms with E-state index in [1.165, 1.54) is 0 Å². The molecule has 0 saturated heterocycles. The van der Waals surface area contributed by atoms with Crippen LogP contribution in [0.4, 0.5) is 0 Å². The van der Waals surface area contributed by atoms with E-state index in [0.29, 0.717) is 12.6 Å². The predicted molar refractivity (Wildman–Crippen MR) is 63.3 cm³/mol. The molecule has 0 aromatic carbocycles. The Kier molecular flexibility index (Phi) is 3.66. The fourth-order valence-electron chi connectivity index (χ4n) is 2.38. The third kappa shape index (κ3) is 3.09. The van der Waals surface area contributed by atoms with Crippen LogP contribution in [-0.4, -0.2) is 23.3 Å². The zero-order valence-corrected chi connectivity index (χ0v) is 9.91. The summed E-state index contributed by atoms with van der Waals surface area (Å²) in [4.78, 5) is 0. The lowest BCUT2D eigenvalue weighted by Gasteiger charge is -2.24. The van der Waals surface area contributed by atoms with Gasteiger partial charge in [-0.15, -0.1) is 0 Å². The van der Waals surface area contributed by atoms with Crippen LogP contribution in [0.5, 0.6) is 0 Å². The van der Waals surface area contributed by atoms with E-state index >= 15 is 0 Å². The van der Waals surface area contributed by atoms with Crippen LogP contribution in [0.15, 0.2) is 22.8 Å². The molecule has 2 rings (SSSR count). The minimum Gasteiger partial charge on any atom is -0.469 e. The van der Waals surface area contributed by atoms with Crippen molar-refractivity contribution in [2.75, 3.05) is 6.54 Å². The Morgan fingerprint density at radius 1 is 1.50 bits per heavy atom. The Hall–Kier alpha value is -0.800. The summed E-state index contributed by atoms with van der Waals surface area (Å²) < 4.78 is 5.30. The van der Waals surface area contributed by atoms with Crippen LogP contribution >= 0.6 is 0 Å². The lowest BCUT2D eigenvalue weighted by Crippen LogP contribution is -2.42. The Morgan fingerprint density at radius 2 is 2.25 bits per heavy atom. The van der Waals surface area contributed by atoms with Gasteiger partial charge in [-0.25, -0.2) is 0 Å². The van der Waals surface area contributed by atoms with E-state index in [9.17, 15) is 5.11 Å². The van der Waals surface area contributed by atoms with Crippen molar-refractivity contribution in [3.05, 3.63) is 24.2 Å². The zero-order chi connectivity index (χ0) is 11.4. The van der Waals surface area contributed by atoms with Crippen LogP contribution < -0.4 is 5.32 Å². The molecule has 1 atom stereocenters. The molecule has 1 heterocycles. The lowest BCUT2D eigenvalue weighted by atomic mass is 10.0. The molecule has 1 unspecified atom stereocenters. The molecule has 0 aliphatic heterocycles. The van der Waals surface area contributed by atoms with E-state index in [1.54, 1.807) is 6.26 Å². The Morgan fingerprint density at radius 3 is 2.88 bits per heavy atom. The molecule has 3 nitrogen and oxygen atoms in total. The number of rotatable bonds is 5. The fraction of sp³-hybridized carbons (Fsp3) is 0.692. The molecular weight excluding hydrogens is 202 g/mol. The van der Waals surface area contributed by atoms with Crippen LogP contribution in [0.2, 0.25) is 0 Å². The first kappa shape index (κ1) is 11.7. The highest BCUT2D eigenvalue weighted by atomic mass is 16.3. The third-order valence-corrected chi connectivity index (χ3v) is 3.40. The van der Waals surface area contributed by atoms with E-state index in [1.807, 2.05) is 12.1 Å². The quantitative estimate of drug-likeness (QED) is 0.803. The summed E-state index contributed by atoms with van der Waals surface area (Å²) in [5.41, 5.74) is -0.461. The molecule has 0 spiro atoms. The summed E-state index contributed by atoms with van der Waals surface area (Å²) in [5.74, 6) is 0.999. The van der Waals surface area contributed by atoms with Gasteiger partial charge in [-0.2, -0.15) is 0 Å². The van der Waals surface area contributed by atoms with Gasteiger partial charge in [0, 0.05) is 19.0 Å². The van der Waals surface area contributed by atoms with Crippen LogP contribution in [0.3, 0.4) is 0 Å². The van der Waals surface area contributed by atoms with E-state index < -0.39 is 5.60 Å². The van der Waals surface area contributed by atoms with Crippen LogP contribution in [-0.2, 0) is 6.42 Å². The van der Waals surface area contributed by atoms with Crippen molar-refractivity contribution in [2.45, 2.75) is 50.7 Å². The molecule has 0 bridgehead atoms. The molecule has 16 heavy (non-hydrogen) atoms. The number of hydrogen-bond donors (Lipinski definition) is 2. The summed E-state index contributed by atoms with van der Waals surface area (Å²) >= 11 is 0. The number of aliphatic hydroxyl groups is 1. The maximum Gasteiger partial charge on any atom is 0.105 e. The molecule has 0 amide bonds. The Balaban J connectivity index is 1.73.